The lowest BCUT2D eigenvalue weighted by Gasteiger charge is -2.12. The Labute approximate surface area is 162 Å². The first-order chi connectivity index (χ1) is 12.3. The zero-order valence-corrected chi connectivity index (χ0v) is 17.0. The third-order valence-corrected chi connectivity index (χ3v) is 5.81. The van der Waals surface area contributed by atoms with Gasteiger partial charge in [-0.1, -0.05) is 28.1 Å². The van der Waals surface area contributed by atoms with Crippen molar-refractivity contribution in [2.75, 3.05) is 26.0 Å². The number of nitrogens with zero attached hydrogens (tertiary/aromatic N) is 1. The molecule has 0 spiro atoms. The second kappa shape index (κ2) is 9.16. The van der Waals surface area contributed by atoms with Crippen LogP contribution in [0.2, 0.25) is 0 Å². The molecule has 0 aliphatic carbocycles. The SMILES string of the molecule is CN(C)S(=O)(=O)c1cccc(NC(=O)CCCOc2cccc(Br)c2)c1. The van der Waals surface area contributed by atoms with Crippen LogP contribution < -0.4 is 10.1 Å². The van der Waals surface area contributed by atoms with E-state index in [0.29, 0.717) is 18.7 Å². The Morgan fingerprint density at radius 2 is 1.88 bits per heavy atom. The quantitative estimate of drug-likeness (QED) is 0.637. The molecule has 0 aliphatic heterocycles. The first-order valence-corrected chi connectivity index (χ1v) is 10.2. The van der Waals surface area contributed by atoms with Gasteiger partial charge in [0.05, 0.1) is 11.5 Å². The van der Waals surface area contributed by atoms with Gasteiger partial charge in [-0.05, 0) is 42.8 Å². The van der Waals surface area contributed by atoms with Crippen LogP contribution in [0.3, 0.4) is 0 Å². The van der Waals surface area contributed by atoms with Crippen LogP contribution in [0.25, 0.3) is 0 Å². The number of anilines is 1. The molecule has 2 aromatic carbocycles. The number of benzene rings is 2. The molecule has 140 valence electrons. The normalized spacial score (nSPS) is 11.4. The molecule has 0 unspecified atom stereocenters. The molecule has 0 radical (unpaired) electrons. The summed E-state index contributed by atoms with van der Waals surface area (Å²) in [6.45, 7) is 0.416. The van der Waals surface area contributed by atoms with Crippen molar-refractivity contribution < 1.29 is 17.9 Å². The van der Waals surface area contributed by atoms with E-state index in [1.165, 1.54) is 26.2 Å². The third-order valence-electron chi connectivity index (χ3n) is 3.51. The molecule has 0 bridgehead atoms. The summed E-state index contributed by atoms with van der Waals surface area (Å²) in [6, 6.07) is 13.7. The number of hydrogen-bond acceptors (Lipinski definition) is 4. The highest BCUT2D eigenvalue weighted by molar-refractivity contribution is 9.10. The molecular weight excluding hydrogens is 420 g/mol. The van der Waals surface area contributed by atoms with Crippen LogP contribution in [-0.2, 0) is 14.8 Å². The van der Waals surface area contributed by atoms with Crippen molar-refractivity contribution in [1.29, 1.82) is 0 Å². The highest BCUT2D eigenvalue weighted by Gasteiger charge is 2.17. The van der Waals surface area contributed by atoms with Crippen molar-refractivity contribution in [2.24, 2.45) is 0 Å². The van der Waals surface area contributed by atoms with Crippen molar-refractivity contribution in [1.82, 2.24) is 4.31 Å². The van der Waals surface area contributed by atoms with Crippen LogP contribution in [0.4, 0.5) is 5.69 Å². The lowest BCUT2D eigenvalue weighted by Crippen LogP contribution is -2.22. The van der Waals surface area contributed by atoms with Gasteiger partial charge in [-0.15, -0.1) is 0 Å². The molecule has 1 amide bonds. The minimum absolute atomic E-state index is 0.137. The van der Waals surface area contributed by atoms with Crippen molar-refractivity contribution >= 4 is 37.5 Å². The fourth-order valence-electron chi connectivity index (χ4n) is 2.15. The second-order valence-corrected chi connectivity index (χ2v) is 8.84. The summed E-state index contributed by atoms with van der Waals surface area (Å²) in [5.74, 6) is 0.545. The number of nitrogens with one attached hydrogen (secondary N) is 1. The Kier molecular flexibility index (Phi) is 7.19. The highest BCUT2D eigenvalue weighted by Crippen LogP contribution is 2.19. The van der Waals surface area contributed by atoms with Gasteiger partial charge in [-0.2, -0.15) is 0 Å². The minimum atomic E-state index is -3.53. The van der Waals surface area contributed by atoms with Gasteiger partial charge in [-0.25, -0.2) is 12.7 Å². The van der Waals surface area contributed by atoms with E-state index in [4.69, 9.17) is 4.74 Å². The van der Waals surface area contributed by atoms with Crippen LogP contribution >= 0.6 is 15.9 Å². The predicted molar refractivity (Wildman–Crippen MR) is 105 cm³/mol. The highest BCUT2D eigenvalue weighted by atomic mass is 79.9. The molecule has 8 heteroatoms. The fourth-order valence-corrected chi connectivity index (χ4v) is 3.47. The van der Waals surface area contributed by atoms with E-state index < -0.39 is 10.0 Å². The monoisotopic (exact) mass is 440 g/mol. The van der Waals surface area contributed by atoms with Gasteiger partial charge in [0, 0.05) is 30.7 Å². The number of carbonyl (C=O) groups excluding carboxylic acids is 1. The summed E-state index contributed by atoms with van der Waals surface area (Å²) in [5.41, 5.74) is 0.450. The number of carbonyl (C=O) groups is 1. The van der Waals surface area contributed by atoms with Crippen LogP contribution in [-0.4, -0.2) is 39.3 Å². The van der Waals surface area contributed by atoms with E-state index in [1.807, 2.05) is 24.3 Å². The van der Waals surface area contributed by atoms with Gasteiger partial charge in [-0.3, -0.25) is 4.79 Å². The molecule has 0 heterocycles. The maximum atomic E-state index is 12.1. The third kappa shape index (κ3) is 5.82. The predicted octanol–water partition coefficient (Wildman–Crippen LogP) is 3.50. The first-order valence-electron chi connectivity index (χ1n) is 8.00. The first kappa shape index (κ1) is 20.4. The molecule has 0 aliphatic rings. The van der Waals surface area contributed by atoms with Gasteiger partial charge in [0.25, 0.3) is 0 Å². The topological polar surface area (TPSA) is 75.7 Å². The number of ether oxygens (including phenoxy) is 1. The van der Waals surface area contributed by atoms with Crippen LogP contribution in [0.5, 0.6) is 5.75 Å². The Hall–Kier alpha value is -1.90. The molecule has 0 saturated heterocycles. The number of sulfonamides is 1. The summed E-state index contributed by atoms with van der Waals surface area (Å²) in [7, 11) is -0.604. The number of amides is 1. The van der Waals surface area contributed by atoms with Gasteiger partial charge in [0.2, 0.25) is 15.9 Å². The Morgan fingerprint density at radius 1 is 1.15 bits per heavy atom. The van der Waals surface area contributed by atoms with Crippen LogP contribution in [0.15, 0.2) is 57.9 Å². The summed E-state index contributed by atoms with van der Waals surface area (Å²) >= 11 is 3.37. The molecule has 26 heavy (non-hydrogen) atoms. The van der Waals surface area contributed by atoms with Gasteiger partial charge < -0.3 is 10.1 Å². The summed E-state index contributed by atoms with van der Waals surface area (Å²) in [6.07, 6.45) is 0.826. The van der Waals surface area contributed by atoms with Crippen LogP contribution in [0, 0.1) is 0 Å². The van der Waals surface area contributed by atoms with E-state index >= 15 is 0 Å². The number of hydrogen-bond donors (Lipinski definition) is 1. The Bertz CT molecular complexity index is 869. The smallest absolute Gasteiger partial charge is 0.242 e. The lowest BCUT2D eigenvalue weighted by molar-refractivity contribution is -0.116. The second-order valence-electron chi connectivity index (χ2n) is 5.77. The molecule has 0 saturated carbocycles. The molecular formula is C18H21BrN2O4S. The zero-order chi connectivity index (χ0) is 19.2. The van der Waals surface area contributed by atoms with Crippen molar-refractivity contribution in [2.45, 2.75) is 17.7 Å². The standard InChI is InChI=1S/C18H21BrN2O4S/c1-21(2)26(23,24)17-9-4-7-15(13-17)20-18(22)10-5-11-25-16-8-3-6-14(19)12-16/h3-4,6-9,12-13H,5,10-11H2,1-2H3,(H,20,22). The summed E-state index contributed by atoms with van der Waals surface area (Å²) in [4.78, 5) is 12.2. The lowest BCUT2D eigenvalue weighted by atomic mass is 10.2. The van der Waals surface area contributed by atoms with Gasteiger partial charge >= 0.3 is 0 Å². The molecule has 6 nitrogen and oxygen atoms in total. The van der Waals surface area contributed by atoms with E-state index in [0.717, 1.165) is 14.5 Å². The number of halogens is 1. The van der Waals surface area contributed by atoms with E-state index in [9.17, 15) is 13.2 Å². The molecule has 1 N–H and O–H groups in total. The fraction of sp³-hybridized carbons (Fsp3) is 0.278. The van der Waals surface area contributed by atoms with Crippen molar-refractivity contribution in [3.05, 3.63) is 53.0 Å². The molecule has 0 fully saturated rings. The van der Waals surface area contributed by atoms with E-state index in [1.54, 1.807) is 12.1 Å². The minimum Gasteiger partial charge on any atom is -0.494 e. The van der Waals surface area contributed by atoms with Crippen molar-refractivity contribution in [3.8, 4) is 5.75 Å². The maximum absolute atomic E-state index is 12.1. The molecule has 2 rings (SSSR count). The largest absolute Gasteiger partial charge is 0.494 e. The Morgan fingerprint density at radius 3 is 2.58 bits per heavy atom. The maximum Gasteiger partial charge on any atom is 0.242 e. The summed E-state index contributed by atoms with van der Waals surface area (Å²) in [5, 5.41) is 2.72. The van der Waals surface area contributed by atoms with Crippen molar-refractivity contribution in [3.63, 3.8) is 0 Å². The van der Waals surface area contributed by atoms with Gasteiger partial charge in [0.1, 0.15) is 5.75 Å². The summed E-state index contributed by atoms with van der Waals surface area (Å²) < 4.78 is 31.9. The van der Waals surface area contributed by atoms with E-state index in [2.05, 4.69) is 21.2 Å². The van der Waals surface area contributed by atoms with Gasteiger partial charge in [0.15, 0.2) is 0 Å². The molecule has 0 atom stereocenters. The average molecular weight is 441 g/mol. The van der Waals surface area contributed by atoms with Crippen LogP contribution in [0.1, 0.15) is 12.8 Å². The Balaban J connectivity index is 1.84. The van der Waals surface area contributed by atoms with E-state index in [-0.39, 0.29) is 17.2 Å². The average Bonchev–Trinajstić information content (AvgIpc) is 2.59. The molecule has 0 aromatic heterocycles. The zero-order valence-electron chi connectivity index (χ0n) is 14.6. The number of rotatable bonds is 8. The molecule has 2 aromatic rings.